The molecule has 0 aliphatic heterocycles. The molecule has 0 amide bonds. The average molecular weight is 272 g/mol. The Labute approximate surface area is 104 Å². The number of halogens is 1. The molecule has 0 spiro atoms. The first-order chi connectivity index (χ1) is 7.55. The quantitative estimate of drug-likeness (QED) is 0.556. The van der Waals surface area contributed by atoms with Gasteiger partial charge >= 0.3 is 0 Å². The standard InChI is InChI=1S/C10H22ClNO3S/c1-3-9-16(13,14)10-7-12(5-4-11)6-8-15-2/h3-10H2,1-2H3. The molecule has 0 N–H and O–H groups in total. The van der Waals surface area contributed by atoms with Gasteiger partial charge in [0.05, 0.1) is 12.4 Å². The summed E-state index contributed by atoms with van der Waals surface area (Å²) in [5.41, 5.74) is 0. The van der Waals surface area contributed by atoms with Crippen molar-refractivity contribution in [2.24, 2.45) is 0 Å². The van der Waals surface area contributed by atoms with E-state index in [0.29, 0.717) is 32.0 Å². The lowest BCUT2D eigenvalue weighted by Crippen LogP contribution is -2.34. The number of methoxy groups -OCH3 is 1. The van der Waals surface area contributed by atoms with Crippen LogP contribution in [0.2, 0.25) is 0 Å². The van der Waals surface area contributed by atoms with Crippen molar-refractivity contribution in [3.63, 3.8) is 0 Å². The number of nitrogens with zero attached hydrogens (tertiary/aromatic N) is 1. The third-order valence-corrected chi connectivity index (χ3v) is 4.25. The fourth-order valence-corrected chi connectivity index (χ4v) is 2.96. The van der Waals surface area contributed by atoms with Gasteiger partial charge in [-0.3, -0.25) is 4.90 Å². The maximum absolute atomic E-state index is 11.5. The van der Waals surface area contributed by atoms with Crippen LogP contribution >= 0.6 is 11.6 Å². The lowest BCUT2D eigenvalue weighted by Gasteiger charge is -2.20. The predicted octanol–water partition coefficient (Wildman–Crippen LogP) is 0.998. The van der Waals surface area contributed by atoms with E-state index in [-0.39, 0.29) is 11.5 Å². The largest absolute Gasteiger partial charge is 0.383 e. The molecule has 0 heterocycles. The van der Waals surface area contributed by atoms with Crippen molar-refractivity contribution in [1.29, 1.82) is 0 Å². The summed E-state index contributed by atoms with van der Waals surface area (Å²) in [6.07, 6.45) is 0.676. The van der Waals surface area contributed by atoms with E-state index in [4.69, 9.17) is 16.3 Å². The number of sulfone groups is 1. The molecule has 98 valence electrons. The van der Waals surface area contributed by atoms with E-state index in [1.807, 2.05) is 11.8 Å². The highest BCUT2D eigenvalue weighted by atomic mass is 35.5. The molecule has 4 nitrogen and oxygen atoms in total. The summed E-state index contributed by atoms with van der Waals surface area (Å²) in [5, 5.41) is 0. The van der Waals surface area contributed by atoms with E-state index >= 15 is 0 Å². The first-order valence-corrected chi connectivity index (χ1v) is 7.89. The van der Waals surface area contributed by atoms with Crippen LogP contribution in [0.4, 0.5) is 0 Å². The van der Waals surface area contributed by atoms with E-state index in [9.17, 15) is 8.42 Å². The molecule has 0 bridgehead atoms. The van der Waals surface area contributed by atoms with Crippen LogP contribution in [0.3, 0.4) is 0 Å². The number of alkyl halides is 1. The summed E-state index contributed by atoms with van der Waals surface area (Å²) in [5.74, 6) is 0.991. The summed E-state index contributed by atoms with van der Waals surface area (Å²) in [4.78, 5) is 2.02. The van der Waals surface area contributed by atoms with E-state index in [1.54, 1.807) is 7.11 Å². The number of hydrogen-bond donors (Lipinski definition) is 0. The number of rotatable bonds is 10. The van der Waals surface area contributed by atoms with Crippen LogP contribution in [0, 0.1) is 0 Å². The molecular weight excluding hydrogens is 250 g/mol. The molecule has 0 unspecified atom stereocenters. The zero-order valence-corrected chi connectivity index (χ0v) is 11.7. The molecule has 0 aliphatic carbocycles. The first-order valence-electron chi connectivity index (χ1n) is 5.53. The molecule has 0 atom stereocenters. The smallest absolute Gasteiger partial charge is 0.151 e. The Balaban J connectivity index is 3.99. The SMILES string of the molecule is CCCS(=O)(=O)CCN(CCCl)CCOC. The molecule has 16 heavy (non-hydrogen) atoms. The zero-order chi connectivity index (χ0) is 12.4. The Kier molecular flexibility index (Phi) is 9.31. The molecule has 0 aromatic rings. The van der Waals surface area contributed by atoms with Gasteiger partial charge in [-0.25, -0.2) is 8.42 Å². The molecule has 0 rings (SSSR count). The lowest BCUT2D eigenvalue weighted by atomic mass is 10.5. The van der Waals surface area contributed by atoms with E-state index < -0.39 is 9.84 Å². The molecule has 0 saturated heterocycles. The van der Waals surface area contributed by atoms with Gasteiger partial charge in [-0.15, -0.1) is 11.6 Å². The van der Waals surface area contributed by atoms with Crippen LogP contribution in [0.1, 0.15) is 13.3 Å². The second-order valence-corrected chi connectivity index (χ2v) is 6.36. The summed E-state index contributed by atoms with van der Waals surface area (Å²) in [6.45, 7) is 4.44. The Bertz CT molecular complexity index is 257. The highest BCUT2D eigenvalue weighted by Crippen LogP contribution is 1.97. The molecule has 0 saturated carbocycles. The van der Waals surface area contributed by atoms with Gasteiger partial charge in [0.1, 0.15) is 0 Å². The molecule has 6 heteroatoms. The molecule has 0 fully saturated rings. The van der Waals surface area contributed by atoms with E-state index in [0.717, 1.165) is 6.54 Å². The van der Waals surface area contributed by atoms with Crippen molar-refractivity contribution in [1.82, 2.24) is 4.90 Å². The van der Waals surface area contributed by atoms with Crippen molar-refractivity contribution in [3.05, 3.63) is 0 Å². The summed E-state index contributed by atoms with van der Waals surface area (Å²) in [6, 6.07) is 0. The second-order valence-electron chi connectivity index (χ2n) is 3.68. The Hall–Kier alpha value is 0.160. The van der Waals surface area contributed by atoms with Gasteiger partial charge in [0.25, 0.3) is 0 Å². The number of hydrogen-bond acceptors (Lipinski definition) is 4. The van der Waals surface area contributed by atoms with Crippen molar-refractivity contribution < 1.29 is 13.2 Å². The van der Waals surface area contributed by atoms with Crippen LogP contribution < -0.4 is 0 Å². The van der Waals surface area contributed by atoms with Gasteiger partial charge in [-0.2, -0.15) is 0 Å². The maximum atomic E-state index is 11.5. The van der Waals surface area contributed by atoms with Crippen molar-refractivity contribution >= 4 is 21.4 Å². The fourth-order valence-electron chi connectivity index (χ4n) is 1.36. The fraction of sp³-hybridized carbons (Fsp3) is 1.00. The van der Waals surface area contributed by atoms with Crippen molar-refractivity contribution in [3.8, 4) is 0 Å². The van der Waals surface area contributed by atoms with Crippen LogP contribution in [-0.2, 0) is 14.6 Å². The first kappa shape index (κ1) is 16.2. The van der Waals surface area contributed by atoms with Gasteiger partial charge < -0.3 is 4.74 Å². The van der Waals surface area contributed by atoms with Gasteiger partial charge in [0, 0.05) is 38.4 Å². The van der Waals surface area contributed by atoms with E-state index in [2.05, 4.69) is 0 Å². The van der Waals surface area contributed by atoms with Gasteiger partial charge in [-0.05, 0) is 6.42 Å². The topological polar surface area (TPSA) is 46.6 Å². The van der Waals surface area contributed by atoms with Crippen LogP contribution in [0.5, 0.6) is 0 Å². The average Bonchev–Trinajstić information content (AvgIpc) is 2.22. The van der Waals surface area contributed by atoms with Gasteiger partial charge in [-0.1, -0.05) is 6.92 Å². The normalized spacial score (nSPS) is 12.2. The maximum Gasteiger partial charge on any atom is 0.151 e. The van der Waals surface area contributed by atoms with Crippen LogP contribution in [0.15, 0.2) is 0 Å². The Morgan fingerprint density at radius 1 is 1.19 bits per heavy atom. The molecule has 0 aromatic carbocycles. The molecule has 0 radical (unpaired) electrons. The highest BCUT2D eigenvalue weighted by Gasteiger charge is 2.12. The lowest BCUT2D eigenvalue weighted by molar-refractivity contribution is 0.155. The minimum atomic E-state index is -2.90. The van der Waals surface area contributed by atoms with Crippen LogP contribution in [-0.4, -0.2) is 64.1 Å². The molecular formula is C10H22ClNO3S. The minimum absolute atomic E-state index is 0.210. The summed E-state index contributed by atoms with van der Waals surface area (Å²) < 4.78 is 28.0. The summed E-state index contributed by atoms with van der Waals surface area (Å²) >= 11 is 5.65. The third kappa shape index (κ3) is 8.33. The monoisotopic (exact) mass is 271 g/mol. The van der Waals surface area contributed by atoms with Crippen LogP contribution in [0.25, 0.3) is 0 Å². The van der Waals surface area contributed by atoms with Crippen molar-refractivity contribution in [2.75, 3.05) is 50.7 Å². The number of ether oxygens (including phenoxy) is 1. The molecule has 0 aliphatic rings. The highest BCUT2D eigenvalue weighted by molar-refractivity contribution is 7.91. The Morgan fingerprint density at radius 2 is 1.88 bits per heavy atom. The van der Waals surface area contributed by atoms with Crippen molar-refractivity contribution in [2.45, 2.75) is 13.3 Å². The predicted molar refractivity (Wildman–Crippen MR) is 68.0 cm³/mol. The zero-order valence-electron chi connectivity index (χ0n) is 10.1. The van der Waals surface area contributed by atoms with Gasteiger partial charge in [0.15, 0.2) is 9.84 Å². The molecule has 0 aromatic heterocycles. The van der Waals surface area contributed by atoms with E-state index in [1.165, 1.54) is 0 Å². The third-order valence-electron chi connectivity index (χ3n) is 2.25. The second kappa shape index (κ2) is 9.22. The van der Waals surface area contributed by atoms with Gasteiger partial charge in [0.2, 0.25) is 0 Å². The minimum Gasteiger partial charge on any atom is -0.383 e. The Morgan fingerprint density at radius 3 is 2.38 bits per heavy atom. The summed E-state index contributed by atoms with van der Waals surface area (Å²) in [7, 11) is -1.26.